The second-order valence-corrected chi connectivity index (χ2v) is 4.34. The summed E-state index contributed by atoms with van der Waals surface area (Å²) in [6.45, 7) is 0.131. The van der Waals surface area contributed by atoms with Crippen LogP contribution in [0.5, 0.6) is 5.75 Å². The molecule has 2 rings (SSSR count). The average Bonchev–Trinajstić information content (AvgIpc) is 2.34. The largest absolute Gasteiger partial charge is 0.487 e. The minimum atomic E-state index is -0.496. The van der Waals surface area contributed by atoms with E-state index in [9.17, 15) is 4.39 Å². The summed E-state index contributed by atoms with van der Waals surface area (Å²) >= 11 is 11.6. The van der Waals surface area contributed by atoms with Gasteiger partial charge in [-0.1, -0.05) is 23.2 Å². The van der Waals surface area contributed by atoms with Crippen LogP contribution in [0.4, 0.5) is 10.2 Å². The normalized spacial score (nSPS) is 10.4. The molecule has 0 aliphatic rings. The summed E-state index contributed by atoms with van der Waals surface area (Å²) in [5.74, 6) is 0.293. The van der Waals surface area contributed by atoms with Crippen LogP contribution in [0.2, 0.25) is 10.0 Å². The summed E-state index contributed by atoms with van der Waals surface area (Å²) < 4.78 is 18.4. The van der Waals surface area contributed by atoms with E-state index in [4.69, 9.17) is 33.7 Å². The Bertz CT molecular complexity index is 578. The van der Waals surface area contributed by atoms with Crippen LogP contribution in [-0.2, 0) is 6.61 Å². The van der Waals surface area contributed by atoms with Gasteiger partial charge in [0.2, 0.25) is 0 Å². The summed E-state index contributed by atoms with van der Waals surface area (Å²) in [7, 11) is 0. The molecule has 1 aromatic heterocycles. The minimum Gasteiger partial charge on any atom is -0.487 e. The van der Waals surface area contributed by atoms with Crippen molar-refractivity contribution in [1.82, 2.24) is 4.98 Å². The van der Waals surface area contributed by atoms with Crippen LogP contribution < -0.4 is 10.5 Å². The fourth-order valence-corrected chi connectivity index (χ4v) is 1.65. The van der Waals surface area contributed by atoms with Crippen molar-refractivity contribution in [3.8, 4) is 5.75 Å². The van der Waals surface area contributed by atoms with E-state index < -0.39 is 5.82 Å². The highest BCUT2D eigenvalue weighted by molar-refractivity contribution is 6.31. The van der Waals surface area contributed by atoms with Gasteiger partial charge in [-0.25, -0.2) is 9.37 Å². The van der Waals surface area contributed by atoms with Gasteiger partial charge in [0.15, 0.2) is 0 Å². The Morgan fingerprint density at radius 3 is 2.67 bits per heavy atom. The second-order valence-electron chi connectivity index (χ2n) is 3.53. The van der Waals surface area contributed by atoms with Gasteiger partial charge in [0.1, 0.15) is 24.0 Å². The molecule has 18 heavy (non-hydrogen) atoms. The van der Waals surface area contributed by atoms with Gasteiger partial charge in [-0.15, -0.1) is 0 Å². The fraction of sp³-hybridized carbons (Fsp3) is 0.0833. The molecule has 0 atom stereocenters. The SMILES string of the molecule is Nc1ccc(Cl)c(COc2ccc(F)c(Cl)c2)n1. The maximum absolute atomic E-state index is 12.9. The smallest absolute Gasteiger partial charge is 0.142 e. The zero-order valence-electron chi connectivity index (χ0n) is 9.16. The monoisotopic (exact) mass is 286 g/mol. The lowest BCUT2D eigenvalue weighted by Gasteiger charge is -2.08. The van der Waals surface area contributed by atoms with Crippen LogP contribution >= 0.6 is 23.2 Å². The van der Waals surface area contributed by atoms with E-state index in [-0.39, 0.29) is 11.6 Å². The number of nitrogens with two attached hydrogens (primary N) is 1. The third-order valence-corrected chi connectivity index (χ3v) is 2.84. The second kappa shape index (κ2) is 5.42. The molecule has 0 spiro atoms. The lowest BCUT2D eigenvalue weighted by atomic mass is 10.3. The Morgan fingerprint density at radius 2 is 1.94 bits per heavy atom. The summed E-state index contributed by atoms with van der Waals surface area (Å²) in [6.07, 6.45) is 0. The van der Waals surface area contributed by atoms with E-state index in [1.54, 1.807) is 12.1 Å². The summed E-state index contributed by atoms with van der Waals surface area (Å²) in [5.41, 5.74) is 6.06. The predicted octanol–water partition coefficient (Wildman–Crippen LogP) is 3.69. The number of aromatic nitrogens is 1. The molecule has 0 saturated heterocycles. The van der Waals surface area contributed by atoms with Gasteiger partial charge < -0.3 is 10.5 Å². The molecule has 0 saturated carbocycles. The van der Waals surface area contributed by atoms with Gasteiger partial charge in [-0.05, 0) is 24.3 Å². The molecule has 1 aromatic carbocycles. The van der Waals surface area contributed by atoms with E-state index in [0.717, 1.165) is 0 Å². The average molecular weight is 287 g/mol. The topological polar surface area (TPSA) is 48.1 Å². The van der Waals surface area contributed by atoms with Crippen molar-refractivity contribution < 1.29 is 9.13 Å². The molecule has 0 unspecified atom stereocenters. The number of halogens is 3. The molecule has 6 heteroatoms. The van der Waals surface area contributed by atoms with E-state index in [1.165, 1.54) is 18.2 Å². The van der Waals surface area contributed by atoms with Crippen molar-refractivity contribution in [2.75, 3.05) is 5.73 Å². The number of anilines is 1. The van der Waals surface area contributed by atoms with Gasteiger partial charge >= 0.3 is 0 Å². The number of pyridine rings is 1. The summed E-state index contributed by atoms with van der Waals surface area (Å²) in [5, 5.41) is 0.455. The Labute approximate surface area is 113 Å². The minimum absolute atomic E-state index is 0.000804. The number of hydrogen-bond acceptors (Lipinski definition) is 3. The molecule has 2 aromatic rings. The third-order valence-electron chi connectivity index (χ3n) is 2.21. The van der Waals surface area contributed by atoms with Crippen LogP contribution in [0.15, 0.2) is 30.3 Å². The Hall–Kier alpha value is -1.52. The van der Waals surface area contributed by atoms with Crippen LogP contribution in [0, 0.1) is 5.82 Å². The maximum Gasteiger partial charge on any atom is 0.142 e. The number of nitrogen functional groups attached to an aromatic ring is 1. The highest BCUT2D eigenvalue weighted by atomic mass is 35.5. The molecule has 0 aliphatic heterocycles. The third kappa shape index (κ3) is 3.03. The number of nitrogens with zero attached hydrogens (tertiary/aromatic N) is 1. The maximum atomic E-state index is 12.9. The van der Waals surface area contributed by atoms with Crippen molar-refractivity contribution in [3.05, 3.63) is 51.9 Å². The van der Waals surface area contributed by atoms with Crippen LogP contribution in [-0.4, -0.2) is 4.98 Å². The standard InChI is InChI=1S/C12H9Cl2FN2O/c13-8-2-4-12(16)17-11(8)6-18-7-1-3-10(15)9(14)5-7/h1-5H,6H2,(H2,16,17). The highest BCUT2D eigenvalue weighted by Crippen LogP contribution is 2.23. The molecule has 0 radical (unpaired) electrons. The zero-order valence-corrected chi connectivity index (χ0v) is 10.7. The van der Waals surface area contributed by atoms with E-state index in [0.29, 0.717) is 22.3 Å². The van der Waals surface area contributed by atoms with Gasteiger partial charge in [-0.2, -0.15) is 0 Å². The molecular weight excluding hydrogens is 278 g/mol. The number of hydrogen-bond donors (Lipinski definition) is 1. The first-order valence-corrected chi connectivity index (χ1v) is 5.80. The van der Waals surface area contributed by atoms with Gasteiger partial charge in [0, 0.05) is 6.07 Å². The molecular formula is C12H9Cl2FN2O. The molecule has 2 N–H and O–H groups in total. The van der Waals surface area contributed by atoms with Crippen molar-refractivity contribution >= 4 is 29.0 Å². The quantitative estimate of drug-likeness (QED) is 0.936. The number of rotatable bonds is 3. The lowest BCUT2D eigenvalue weighted by Crippen LogP contribution is -2.01. The van der Waals surface area contributed by atoms with Crippen molar-refractivity contribution in [2.24, 2.45) is 0 Å². The first-order chi connectivity index (χ1) is 8.56. The summed E-state index contributed by atoms with van der Waals surface area (Å²) in [4.78, 5) is 4.04. The molecule has 94 valence electrons. The van der Waals surface area contributed by atoms with E-state index in [1.807, 2.05) is 0 Å². The number of benzene rings is 1. The van der Waals surface area contributed by atoms with Crippen molar-refractivity contribution in [3.63, 3.8) is 0 Å². The fourth-order valence-electron chi connectivity index (χ4n) is 1.32. The molecule has 0 aliphatic carbocycles. The van der Waals surface area contributed by atoms with Crippen molar-refractivity contribution in [1.29, 1.82) is 0 Å². The molecule has 0 bridgehead atoms. The molecule has 0 fully saturated rings. The van der Waals surface area contributed by atoms with E-state index >= 15 is 0 Å². The Kier molecular flexibility index (Phi) is 3.89. The first kappa shape index (κ1) is 12.9. The van der Waals surface area contributed by atoms with Crippen LogP contribution in [0.1, 0.15) is 5.69 Å². The van der Waals surface area contributed by atoms with Crippen LogP contribution in [0.25, 0.3) is 0 Å². The molecule has 0 amide bonds. The predicted molar refractivity (Wildman–Crippen MR) is 69.4 cm³/mol. The van der Waals surface area contributed by atoms with Gasteiger partial charge in [-0.3, -0.25) is 0 Å². The van der Waals surface area contributed by atoms with Crippen molar-refractivity contribution in [2.45, 2.75) is 6.61 Å². The first-order valence-electron chi connectivity index (χ1n) is 5.05. The van der Waals surface area contributed by atoms with Gasteiger partial charge in [0.05, 0.1) is 15.7 Å². The lowest BCUT2D eigenvalue weighted by molar-refractivity contribution is 0.301. The van der Waals surface area contributed by atoms with E-state index in [2.05, 4.69) is 4.98 Å². The molecule has 1 heterocycles. The molecule has 3 nitrogen and oxygen atoms in total. The summed E-state index contributed by atoms with van der Waals surface area (Å²) in [6, 6.07) is 7.32. The Balaban J connectivity index is 2.11. The zero-order chi connectivity index (χ0) is 13.1. The number of ether oxygens (including phenoxy) is 1. The van der Waals surface area contributed by atoms with Gasteiger partial charge in [0.25, 0.3) is 0 Å². The highest BCUT2D eigenvalue weighted by Gasteiger charge is 2.06. The van der Waals surface area contributed by atoms with Crippen LogP contribution in [0.3, 0.4) is 0 Å². The Morgan fingerprint density at radius 1 is 1.17 bits per heavy atom.